The van der Waals surface area contributed by atoms with Gasteiger partial charge < -0.3 is 10.1 Å². The molecule has 0 radical (unpaired) electrons. The molecular formula is C8H9FN2O2. The summed E-state index contributed by atoms with van der Waals surface area (Å²) in [6, 6.07) is 2.60. The summed E-state index contributed by atoms with van der Waals surface area (Å²) in [4.78, 5) is 14.6. The summed E-state index contributed by atoms with van der Waals surface area (Å²) in [6.07, 6.45) is 1.03. The third kappa shape index (κ3) is 3.16. The second kappa shape index (κ2) is 4.51. The normalized spacial score (nSPS) is 9.69. The number of rotatable bonds is 3. The molecule has 0 aliphatic carbocycles. The first-order chi connectivity index (χ1) is 6.22. The lowest BCUT2D eigenvalue weighted by molar-refractivity contribution is -0.119. The number of amides is 1. The predicted octanol–water partition coefficient (Wildman–Crippen LogP) is 0.806. The van der Waals surface area contributed by atoms with Crippen LogP contribution in [0.2, 0.25) is 0 Å². The molecule has 0 aromatic carbocycles. The van der Waals surface area contributed by atoms with Crippen molar-refractivity contribution in [3.8, 4) is 0 Å². The topological polar surface area (TPSA) is 51.2 Å². The van der Waals surface area contributed by atoms with Crippen LogP contribution in [0.3, 0.4) is 0 Å². The molecule has 0 saturated heterocycles. The zero-order valence-corrected chi connectivity index (χ0v) is 7.08. The molecule has 4 nitrogen and oxygen atoms in total. The van der Waals surface area contributed by atoms with E-state index in [4.69, 9.17) is 0 Å². The number of carbonyl (C=O) groups excluding carboxylic acids is 1. The Morgan fingerprint density at radius 2 is 2.46 bits per heavy atom. The number of pyridine rings is 1. The van der Waals surface area contributed by atoms with E-state index in [0.717, 1.165) is 6.20 Å². The van der Waals surface area contributed by atoms with Crippen LogP contribution in [0, 0.1) is 5.82 Å². The number of nitrogens with zero attached hydrogens (tertiary/aromatic N) is 1. The second-order valence-corrected chi connectivity index (χ2v) is 2.34. The van der Waals surface area contributed by atoms with Crippen LogP contribution in [-0.2, 0) is 9.53 Å². The summed E-state index contributed by atoms with van der Waals surface area (Å²) in [5.74, 6) is -0.449. The van der Waals surface area contributed by atoms with Gasteiger partial charge in [0.1, 0.15) is 18.2 Å². The monoisotopic (exact) mass is 184 g/mol. The maximum atomic E-state index is 12.4. The quantitative estimate of drug-likeness (QED) is 0.756. The van der Waals surface area contributed by atoms with Gasteiger partial charge in [-0.3, -0.25) is 4.79 Å². The number of methoxy groups -OCH3 is 1. The van der Waals surface area contributed by atoms with Crippen LogP contribution in [0.15, 0.2) is 18.3 Å². The molecule has 0 saturated carbocycles. The SMILES string of the molecule is COCC(=O)Nc1ccc(F)cn1. The summed E-state index contributed by atoms with van der Waals surface area (Å²) in [5.41, 5.74) is 0. The first-order valence-electron chi connectivity index (χ1n) is 3.62. The van der Waals surface area contributed by atoms with Crippen molar-refractivity contribution in [1.82, 2.24) is 4.98 Å². The molecule has 0 spiro atoms. The van der Waals surface area contributed by atoms with Crippen LogP contribution in [0.1, 0.15) is 0 Å². The van der Waals surface area contributed by atoms with Crippen molar-refractivity contribution < 1.29 is 13.9 Å². The molecule has 1 aromatic heterocycles. The third-order valence-electron chi connectivity index (χ3n) is 1.27. The number of hydrogen-bond acceptors (Lipinski definition) is 3. The summed E-state index contributed by atoms with van der Waals surface area (Å²) in [6.45, 7) is -0.0426. The Morgan fingerprint density at radius 3 is 3.00 bits per heavy atom. The molecule has 5 heteroatoms. The summed E-state index contributed by atoms with van der Waals surface area (Å²) < 4.78 is 17.0. The Balaban J connectivity index is 2.54. The molecule has 1 aromatic rings. The first kappa shape index (κ1) is 9.60. The average Bonchev–Trinajstić information content (AvgIpc) is 2.09. The predicted molar refractivity (Wildman–Crippen MR) is 44.7 cm³/mol. The average molecular weight is 184 g/mol. The maximum Gasteiger partial charge on any atom is 0.251 e. The van der Waals surface area contributed by atoms with Crippen molar-refractivity contribution >= 4 is 11.7 Å². The second-order valence-electron chi connectivity index (χ2n) is 2.34. The minimum Gasteiger partial charge on any atom is -0.375 e. The molecule has 13 heavy (non-hydrogen) atoms. The van der Waals surface area contributed by atoms with Gasteiger partial charge in [0.05, 0.1) is 6.20 Å². The van der Waals surface area contributed by atoms with Gasteiger partial charge in [0.25, 0.3) is 5.91 Å². The summed E-state index contributed by atoms with van der Waals surface area (Å²) in [7, 11) is 1.41. The lowest BCUT2D eigenvalue weighted by Crippen LogP contribution is -2.17. The molecule has 0 fully saturated rings. The molecule has 1 amide bonds. The van der Waals surface area contributed by atoms with E-state index >= 15 is 0 Å². The van der Waals surface area contributed by atoms with Crippen molar-refractivity contribution in [2.45, 2.75) is 0 Å². The molecule has 1 heterocycles. The lowest BCUT2D eigenvalue weighted by Gasteiger charge is -2.02. The zero-order valence-electron chi connectivity index (χ0n) is 7.08. The van der Waals surface area contributed by atoms with Gasteiger partial charge in [-0.15, -0.1) is 0 Å². The minimum atomic E-state index is -0.440. The van der Waals surface area contributed by atoms with Crippen molar-refractivity contribution in [3.63, 3.8) is 0 Å². The molecule has 0 aliphatic rings. The van der Waals surface area contributed by atoms with Crippen molar-refractivity contribution in [3.05, 3.63) is 24.1 Å². The van der Waals surface area contributed by atoms with E-state index < -0.39 is 5.82 Å². The fraction of sp³-hybridized carbons (Fsp3) is 0.250. The van der Waals surface area contributed by atoms with Crippen LogP contribution >= 0.6 is 0 Å². The van der Waals surface area contributed by atoms with Crippen molar-refractivity contribution in [2.75, 3.05) is 19.0 Å². The Kier molecular flexibility index (Phi) is 3.33. The van der Waals surface area contributed by atoms with E-state index in [2.05, 4.69) is 15.0 Å². The minimum absolute atomic E-state index is 0.0426. The van der Waals surface area contributed by atoms with Crippen LogP contribution in [0.25, 0.3) is 0 Å². The van der Waals surface area contributed by atoms with Crippen LogP contribution in [-0.4, -0.2) is 24.6 Å². The number of aromatic nitrogens is 1. The fourth-order valence-corrected chi connectivity index (χ4v) is 0.760. The molecule has 0 bridgehead atoms. The molecule has 0 unspecified atom stereocenters. The number of halogens is 1. The molecular weight excluding hydrogens is 175 g/mol. The van der Waals surface area contributed by atoms with Gasteiger partial charge in [-0.2, -0.15) is 0 Å². The number of nitrogens with one attached hydrogen (secondary N) is 1. The number of carbonyl (C=O) groups is 1. The largest absolute Gasteiger partial charge is 0.375 e. The van der Waals surface area contributed by atoms with Gasteiger partial charge in [0.15, 0.2) is 0 Å². The molecule has 1 rings (SSSR count). The smallest absolute Gasteiger partial charge is 0.251 e. The maximum absolute atomic E-state index is 12.4. The van der Waals surface area contributed by atoms with E-state index in [1.54, 1.807) is 0 Å². The first-order valence-corrected chi connectivity index (χ1v) is 3.62. The summed E-state index contributed by atoms with van der Waals surface area (Å²) in [5, 5.41) is 2.43. The van der Waals surface area contributed by atoms with E-state index in [1.165, 1.54) is 19.2 Å². The Morgan fingerprint density at radius 1 is 1.69 bits per heavy atom. The fourth-order valence-electron chi connectivity index (χ4n) is 0.760. The van der Waals surface area contributed by atoms with Gasteiger partial charge in [-0.25, -0.2) is 9.37 Å². The molecule has 70 valence electrons. The van der Waals surface area contributed by atoms with E-state index in [-0.39, 0.29) is 12.5 Å². The highest BCUT2D eigenvalue weighted by Gasteiger charge is 2.01. The van der Waals surface area contributed by atoms with Crippen LogP contribution < -0.4 is 5.32 Å². The number of anilines is 1. The zero-order chi connectivity index (χ0) is 9.68. The lowest BCUT2D eigenvalue weighted by atomic mass is 10.4. The highest BCUT2D eigenvalue weighted by molar-refractivity contribution is 5.90. The number of hydrogen-bond donors (Lipinski definition) is 1. The van der Waals surface area contributed by atoms with Gasteiger partial charge in [0, 0.05) is 7.11 Å². The summed E-state index contributed by atoms with van der Waals surface area (Å²) >= 11 is 0. The van der Waals surface area contributed by atoms with Gasteiger partial charge >= 0.3 is 0 Å². The van der Waals surface area contributed by atoms with Crippen LogP contribution in [0.4, 0.5) is 10.2 Å². The third-order valence-corrected chi connectivity index (χ3v) is 1.27. The van der Waals surface area contributed by atoms with E-state index in [1.807, 2.05) is 0 Å². The molecule has 0 aliphatic heterocycles. The van der Waals surface area contributed by atoms with E-state index in [0.29, 0.717) is 5.82 Å². The Labute approximate surface area is 74.7 Å². The standard InChI is InChI=1S/C8H9FN2O2/c1-13-5-8(12)11-7-3-2-6(9)4-10-7/h2-4H,5H2,1H3,(H,10,11,12). The highest BCUT2D eigenvalue weighted by atomic mass is 19.1. The highest BCUT2D eigenvalue weighted by Crippen LogP contribution is 2.02. The van der Waals surface area contributed by atoms with Crippen molar-refractivity contribution in [2.24, 2.45) is 0 Å². The molecule has 0 atom stereocenters. The van der Waals surface area contributed by atoms with Gasteiger partial charge in [-0.05, 0) is 12.1 Å². The van der Waals surface area contributed by atoms with Gasteiger partial charge in [-0.1, -0.05) is 0 Å². The molecule has 1 N–H and O–H groups in total. The van der Waals surface area contributed by atoms with Crippen LogP contribution in [0.5, 0.6) is 0 Å². The number of ether oxygens (including phenoxy) is 1. The van der Waals surface area contributed by atoms with E-state index in [9.17, 15) is 9.18 Å². The van der Waals surface area contributed by atoms with Crippen molar-refractivity contribution in [1.29, 1.82) is 0 Å². The van der Waals surface area contributed by atoms with Gasteiger partial charge in [0.2, 0.25) is 0 Å². The Hall–Kier alpha value is -1.49. The Bertz CT molecular complexity index is 287.